The number of esters is 1. The van der Waals surface area contributed by atoms with E-state index in [9.17, 15) is 14.4 Å². The standard InChI is InChI=1S/C22H25N3O4S/c1-5-11-25-20(27)15-9-7-8-10-16(15)24-22(25)30-12-17(26)19-13(3)18(14(4)23-19)21(28)29-6-2/h7-10,23H,5-6,11-12H2,1-4H3. The van der Waals surface area contributed by atoms with E-state index in [4.69, 9.17) is 4.74 Å². The van der Waals surface area contributed by atoms with Gasteiger partial charge in [-0.1, -0.05) is 30.8 Å². The number of aryl methyl sites for hydroxylation is 1. The van der Waals surface area contributed by atoms with Crippen LogP contribution in [0.2, 0.25) is 0 Å². The summed E-state index contributed by atoms with van der Waals surface area (Å²) >= 11 is 1.23. The molecule has 1 N–H and O–H groups in total. The average Bonchev–Trinajstić information content (AvgIpc) is 3.03. The Bertz CT molecular complexity index is 1160. The number of carbonyl (C=O) groups is 2. The number of rotatable bonds is 8. The van der Waals surface area contributed by atoms with Crippen molar-refractivity contribution in [3.63, 3.8) is 0 Å². The number of hydrogen-bond acceptors (Lipinski definition) is 6. The normalized spacial score (nSPS) is 11.1. The smallest absolute Gasteiger partial charge is 0.340 e. The highest BCUT2D eigenvalue weighted by molar-refractivity contribution is 7.99. The SMILES string of the molecule is CCCn1c(SCC(=O)c2[nH]c(C)c(C(=O)OCC)c2C)nc2ccccc2c1=O. The predicted octanol–water partition coefficient (Wildman–Crippen LogP) is 3.90. The summed E-state index contributed by atoms with van der Waals surface area (Å²) in [5.74, 6) is -0.512. The van der Waals surface area contributed by atoms with Gasteiger partial charge in [-0.3, -0.25) is 14.2 Å². The quantitative estimate of drug-likeness (QED) is 0.254. The average molecular weight is 428 g/mol. The highest BCUT2D eigenvalue weighted by atomic mass is 32.2. The lowest BCUT2D eigenvalue weighted by Gasteiger charge is -2.12. The number of ether oxygens (including phenoxy) is 1. The Labute approximate surface area is 178 Å². The molecule has 0 spiro atoms. The Morgan fingerprint density at radius 2 is 1.93 bits per heavy atom. The second-order valence-electron chi connectivity index (χ2n) is 6.93. The number of nitrogens with zero attached hydrogens (tertiary/aromatic N) is 2. The first kappa shape index (κ1) is 21.8. The van der Waals surface area contributed by atoms with E-state index in [-0.39, 0.29) is 23.7 Å². The van der Waals surface area contributed by atoms with Gasteiger partial charge in [0.15, 0.2) is 10.9 Å². The van der Waals surface area contributed by atoms with E-state index in [0.717, 1.165) is 6.42 Å². The Kier molecular flexibility index (Phi) is 6.77. The Balaban J connectivity index is 1.89. The maximum absolute atomic E-state index is 12.9. The molecule has 8 heteroatoms. The predicted molar refractivity (Wildman–Crippen MR) is 118 cm³/mol. The fourth-order valence-corrected chi connectivity index (χ4v) is 4.32. The number of para-hydroxylation sites is 1. The summed E-state index contributed by atoms with van der Waals surface area (Å²) in [6.07, 6.45) is 0.777. The van der Waals surface area contributed by atoms with Gasteiger partial charge in [0, 0.05) is 12.2 Å². The van der Waals surface area contributed by atoms with Crippen molar-refractivity contribution >= 4 is 34.4 Å². The number of benzene rings is 1. The Morgan fingerprint density at radius 3 is 2.63 bits per heavy atom. The first-order valence-electron chi connectivity index (χ1n) is 9.90. The number of aromatic amines is 1. The van der Waals surface area contributed by atoms with Crippen LogP contribution in [-0.4, -0.2) is 38.6 Å². The summed E-state index contributed by atoms with van der Waals surface area (Å²) in [5.41, 5.74) is 2.47. The van der Waals surface area contributed by atoms with Crippen molar-refractivity contribution in [1.82, 2.24) is 14.5 Å². The molecule has 7 nitrogen and oxygen atoms in total. The van der Waals surface area contributed by atoms with Gasteiger partial charge in [0.05, 0.1) is 34.5 Å². The van der Waals surface area contributed by atoms with Crippen molar-refractivity contribution in [1.29, 1.82) is 0 Å². The third-order valence-electron chi connectivity index (χ3n) is 4.80. The number of H-pyrrole nitrogens is 1. The van der Waals surface area contributed by atoms with Gasteiger partial charge in [0.25, 0.3) is 5.56 Å². The molecule has 0 amide bonds. The lowest BCUT2D eigenvalue weighted by molar-refractivity contribution is 0.0525. The van der Waals surface area contributed by atoms with Gasteiger partial charge in [0.2, 0.25) is 0 Å². The number of hydrogen-bond donors (Lipinski definition) is 1. The van der Waals surface area contributed by atoms with E-state index in [1.54, 1.807) is 37.5 Å². The molecule has 3 aromatic rings. The lowest BCUT2D eigenvalue weighted by atomic mass is 10.1. The number of Topliss-reactive ketones (excluding diaryl/α,β-unsaturated/α-hetero) is 1. The minimum Gasteiger partial charge on any atom is -0.462 e. The molecule has 30 heavy (non-hydrogen) atoms. The molecule has 0 saturated heterocycles. The zero-order chi connectivity index (χ0) is 21.8. The van der Waals surface area contributed by atoms with Gasteiger partial charge in [-0.25, -0.2) is 9.78 Å². The molecule has 0 fully saturated rings. The van der Waals surface area contributed by atoms with Crippen molar-refractivity contribution < 1.29 is 14.3 Å². The zero-order valence-corrected chi connectivity index (χ0v) is 18.4. The van der Waals surface area contributed by atoms with Crippen molar-refractivity contribution in [3.05, 3.63) is 57.1 Å². The maximum atomic E-state index is 12.9. The third kappa shape index (κ3) is 4.18. The molecule has 2 heterocycles. The molecule has 0 atom stereocenters. The van der Waals surface area contributed by atoms with Gasteiger partial charge < -0.3 is 9.72 Å². The number of nitrogens with one attached hydrogen (secondary N) is 1. The molecular weight excluding hydrogens is 402 g/mol. The summed E-state index contributed by atoms with van der Waals surface area (Å²) in [6, 6.07) is 7.21. The van der Waals surface area contributed by atoms with Crippen LogP contribution in [0, 0.1) is 13.8 Å². The van der Waals surface area contributed by atoms with Crippen LogP contribution in [0.15, 0.2) is 34.2 Å². The number of thioether (sulfide) groups is 1. The van der Waals surface area contributed by atoms with Crippen LogP contribution in [0.1, 0.15) is 52.4 Å². The number of aromatic nitrogens is 3. The highest BCUT2D eigenvalue weighted by Gasteiger charge is 2.23. The minimum atomic E-state index is -0.441. The molecule has 0 aliphatic carbocycles. The van der Waals surface area contributed by atoms with E-state index >= 15 is 0 Å². The third-order valence-corrected chi connectivity index (χ3v) is 5.78. The van der Waals surface area contributed by atoms with Crippen LogP contribution < -0.4 is 5.56 Å². The maximum Gasteiger partial charge on any atom is 0.340 e. The number of fused-ring (bicyclic) bond motifs is 1. The van der Waals surface area contributed by atoms with Crippen LogP contribution in [0.3, 0.4) is 0 Å². The molecule has 2 aromatic heterocycles. The summed E-state index contributed by atoms with van der Waals surface area (Å²) in [7, 11) is 0. The molecule has 158 valence electrons. The largest absolute Gasteiger partial charge is 0.462 e. The van der Waals surface area contributed by atoms with Gasteiger partial charge >= 0.3 is 5.97 Å². The van der Waals surface area contributed by atoms with E-state index in [0.29, 0.717) is 45.1 Å². The molecule has 0 bridgehead atoms. The summed E-state index contributed by atoms with van der Waals surface area (Å²) in [6.45, 7) is 8.00. The van der Waals surface area contributed by atoms with E-state index in [1.165, 1.54) is 11.8 Å². The minimum absolute atomic E-state index is 0.0948. The van der Waals surface area contributed by atoms with Gasteiger partial charge in [-0.15, -0.1) is 0 Å². The highest BCUT2D eigenvalue weighted by Crippen LogP contribution is 2.23. The van der Waals surface area contributed by atoms with E-state index in [2.05, 4.69) is 9.97 Å². The van der Waals surface area contributed by atoms with Crippen LogP contribution in [-0.2, 0) is 11.3 Å². The fraction of sp³-hybridized carbons (Fsp3) is 0.364. The molecule has 0 aliphatic rings. The van der Waals surface area contributed by atoms with Crippen molar-refractivity contribution in [2.75, 3.05) is 12.4 Å². The van der Waals surface area contributed by atoms with Gasteiger partial charge in [-0.05, 0) is 44.9 Å². The number of carbonyl (C=O) groups excluding carboxylic acids is 2. The Morgan fingerprint density at radius 1 is 1.20 bits per heavy atom. The first-order chi connectivity index (χ1) is 14.4. The van der Waals surface area contributed by atoms with Crippen molar-refractivity contribution in [3.8, 4) is 0 Å². The van der Waals surface area contributed by atoms with Crippen molar-refractivity contribution in [2.24, 2.45) is 0 Å². The topological polar surface area (TPSA) is 94.1 Å². The number of ketones is 1. The summed E-state index contributed by atoms with van der Waals surface area (Å²) in [5, 5.41) is 1.08. The van der Waals surface area contributed by atoms with Crippen LogP contribution in [0.4, 0.5) is 0 Å². The second kappa shape index (κ2) is 9.30. The van der Waals surface area contributed by atoms with Crippen LogP contribution in [0.5, 0.6) is 0 Å². The second-order valence-corrected chi connectivity index (χ2v) is 7.87. The molecule has 0 radical (unpaired) electrons. The van der Waals surface area contributed by atoms with Gasteiger partial charge in [0.1, 0.15) is 0 Å². The molecule has 0 saturated carbocycles. The van der Waals surface area contributed by atoms with Crippen LogP contribution in [0.25, 0.3) is 10.9 Å². The molecule has 0 unspecified atom stereocenters. The van der Waals surface area contributed by atoms with Crippen LogP contribution >= 0.6 is 11.8 Å². The molecule has 3 rings (SSSR count). The summed E-state index contributed by atoms with van der Waals surface area (Å²) in [4.78, 5) is 45.5. The molecule has 0 aliphatic heterocycles. The van der Waals surface area contributed by atoms with Crippen molar-refractivity contribution in [2.45, 2.75) is 45.8 Å². The molecule has 1 aromatic carbocycles. The van der Waals surface area contributed by atoms with E-state index < -0.39 is 5.97 Å². The van der Waals surface area contributed by atoms with E-state index in [1.807, 2.05) is 19.1 Å². The fourth-order valence-electron chi connectivity index (χ4n) is 3.42. The zero-order valence-electron chi connectivity index (χ0n) is 17.6. The lowest BCUT2D eigenvalue weighted by Crippen LogP contribution is -2.23. The summed E-state index contributed by atoms with van der Waals surface area (Å²) < 4.78 is 6.71. The first-order valence-corrected chi connectivity index (χ1v) is 10.9. The monoisotopic (exact) mass is 427 g/mol. The Hall–Kier alpha value is -2.87. The molecular formula is C22H25N3O4S. The van der Waals surface area contributed by atoms with Gasteiger partial charge in [-0.2, -0.15) is 0 Å².